The summed E-state index contributed by atoms with van der Waals surface area (Å²) in [6.07, 6.45) is 0.539. The summed E-state index contributed by atoms with van der Waals surface area (Å²) in [6.45, 7) is 0.494. The molecule has 0 bridgehead atoms. The Morgan fingerprint density at radius 2 is 1.35 bits per heavy atom. The number of hydrogen-bond donors (Lipinski definition) is 1. The van der Waals surface area contributed by atoms with Crippen molar-refractivity contribution in [1.29, 1.82) is 5.26 Å². The fourth-order valence-corrected chi connectivity index (χ4v) is 4.96. The Kier molecular flexibility index (Phi) is 8.46. The van der Waals surface area contributed by atoms with Crippen molar-refractivity contribution < 1.29 is 4.79 Å². The number of nitriles is 1. The van der Waals surface area contributed by atoms with E-state index < -0.39 is 6.04 Å². The van der Waals surface area contributed by atoms with Gasteiger partial charge in [0.25, 0.3) is 5.91 Å². The van der Waals surface area contributed by atoms with Crippen LogP contribution in [0.1, 0.15) is 50.1 Å². The molecule has 5 rings (SSSR count). The van der Waals surface area contributed by atoms with Gasteiger partial charge < -0.3 is 5.32 Å². The fourth-order valence-electron chi connectivity index (χ4n) is 4.96. The normalized spacial score (nSPS) is 11.5. The van der Waals surface area contributed by atoms with Crippen LogP contribution in [0, 0.1) is 11.3 Å². The van der Waals surface area contributed by atoms with Crippen LogP contribution in [-0.2, 0) is 6.42 Å². The highest BCUT2D eigenvalue weighted by molar-refractivity contribution is 5.95. The number of carbonyl (C=O) groups excluding carboxylic acids is 1. The summed E-state index contributed by atoms with van der Waals surface area (Å²) in [5, 5.41) is 12.3. The molecule has 1 amide bonds. The quantitative estimate of drug-likeness (QED) is 0.220. The van der Waals surface area contributed by atoms with E-state index in [0.717, 1.165) is 33.4 Å². The van der Waals surface area contributed by atoms with E-state index in [-0.39, 0.29) is 11.8 Å². The second kappa shape index (κ2) is 12.7. The molecule has 4 heteroatoms. The third-order valence-corrected chi connectivity index (χ3v) is 7.14. The topological polar surface area (TPSA) is 76.7 Å². The first-order valence-corrected chi connectivity index (χ1v) is 13.4. The van der Waals surface area contributed by atoms with Crippen LogP contribution in [0.3, 0.4) is 0 Å². The lowest BCUT2D eigenvalue weighted by atomic mass is 9.91. The number of amides is 1. The molecule has 195 valence electrons. The van der Waals surface area contributed by atoms with Crippen LogP contribution in [0.15, 0.2) is 133 Å². The minimum absolute atomic E-state index is 0.0577. The van der Waals surface area contributed by atoms with Gasteiger partial charge in [-0.05, 0) is 64.1 Å². The Labute approximate surface area is 235 Å². The van der Waals surface area contributed by atoms with Crippen molar-refractivity contribution in [3.63, 3.8) is 0 Å². The average molecular weight is 521 g/mol. The van der Waals surface area contributed by atoms with E-state index in [2.05, 4.69) is 35.7 Å². The van der Waals surface area contributed by atoms with Gasteiger partial charge in [-0.25, -0.2) is 5.73 Å². The van der Waals surface area contributed by atoms with Crippen LogP contribution in [0.4, 0.5) is 0 Å². The minimum atomic E-state index is -0.428. The molecule has 0 aromatic heterocycles. The molecule has 5 aromatic rings. The van der Waals surface area contributed by atoms with Crippen LogP contribution in [0.25, 0.3) is 11.1 Å². The Hall–Kier alpha value is -4.98. The molecule has 5 aromatic carbocycles. The summed E-state index contributed by atoms with van der Waals surface area (Å²) in [6, 6.07) is 45.2. The van der Waals surface area contributed by atoms with Crippen molar-refractivity contribution in [2.75, 3.05) is 6.54 Å². The van der Waals surface area contributed by atoms with Gasteiger partial charge in [0.05, 0.1) is 17.7 Å². The number of hydrogen-bond acceptors (Lipinski definition) is 2. The van der Waals surface area contributed by atoms with Crippen molar-refractivity contribution in [1.82, 2.24) is 11.1 Å². The standard InChI is InChI=1S/C36H30N3O/c37-24-27-10-7-9-26(21-27)22-35(38)31-19-17-28(18-20-31)32-15-8-16-33(23-32)36(40)39-25-34(29-11-3-1-4-12-29)30-13-5-2-6-14-30/h1-21,23,34-35,38H,22,25H2,(H,39,40). The lowest BCUT2D eigenvalue weighted by Crippen LogP contribution is -2.29. The smallest absolute Gasteiger partial charge is 0.251 e. The van der Waals surface area contributed by atoms with Crippen LogP contribution in [0.5, 0.6) is 0 Å². The summed E-state index contributed by atoms with van der Waals surface area (Å²) >= 11 is 0. The van der Waals surface area contributed by atoms with E-state index in [1.54, 1.807) is 6.07 Å². The lowest BCUT2D eigenvalue weighted by Gasteiger charge is -2.19. The first kappa shape index (κ1) is 26.6. The first-order chi connectivity index (χ1) is 19.6. The van der Waals surface area contributed by atoms with E-state index in [4.69, 9.17) is 11.0 Å². The second-order valence-corrected chi connectivity index (χ2v) is 9.86. The maximum absolute atomic E-state index is 13.2. The highest BCUT2D eigenvalue weighted by atomic mass is 16.1. The van der Waals surface area contributed by atoms with Crippen molar-refractivity contribution in [2.24, 2.45) is 0 Å². The highest BCUT2D eigenvalue weighted by Crippen LogP contribution is 2.26. The van der Waals surface area contributed by atoms with Crippen LogP contribution < -0.4 is 11.1 Å². The molecule has 0 fully saturated rings. The zero-order chi connectivity index (χ0) is 27.7. The molecule has 1 unspecified atom stereocenters. The first-order valence-electron chi connectivity index (χ1n) is 13.4. The van der Waals surface area contributed by atoms with Gasteiger partial charge in [-0.2, -0.15) is 5.26 Å². The Morgan fingerprint density at radius 1 is 0.700 bits per heavy atom. The molecule has 0 saturated carbocycles. The predicted molar refractivity (Wildman–Crippen MR) is 160 cm³/mol. The molecule has 0 aliphatic rings. The lowest BCUT2D eigenvalue weighted by molar-refractivity contribution is 0.0952. The molecule has 0 heterocycles. The molecule has 40 heavy (non-hydrogen) atoms. The van der Waals surface area contributed by atoms with Gasteiger partial charge in [0.2, 0.25) is 0 Å². The predicted octanol–water partition coefficient (Wildman–Crippen LogP) is 7.35. The maximum Gasteiger partial charge on any atom is 0.251 e. The minimum Gasteiger partial charge on any atom is -0.351 e. The molecular formula is C36H30N3O. The highest BCUT2D eigenvalue weighted by Gasteiger charge is 2.16. The molecule has 0 saturated heterocycles. The molecule has 2 N–H and O–H groups in total. The number of nitrogens with one attached hydrogen (secondary N) is 2. The zero-order valence-electron chi connectivity index (χ0n) is 22.1. The summed E-state index contributed by atoms with van der Waals surface area (Å²) in [7, 11) is 0. The Bertz CT molecular complexity index is 1570. The molecular weight excluding hydrogens is 490 g/mol. The molecule has 0 aliphatic heterocycles. The number of carbonyl (C=O) groups is 1. The largest absolute Gasteiger partial charge is 0.351 e. The molecule has 4 nitrogen and oxygen atoms in total. The van der Waals surface area contributed by atoms with Gasteiger partial charge in [-0.15, -0.1) is 0 Å². The van der Waals surface area contributed by atoms with Gasteiger partial charge in [0.15, 0.2) is 0 Å². The number of nitrogens with zero attached hydrogens (tertiary/aromatic N) is 1. The summed E-state index contributed by atoms with van der Waals surface area (Å²) < 4.78 is 0. The van der Waals surface area contributed by atoms with Crippen molar-refractivity contribution in [3.05, 3.63) is 167 Å². The number of benzene rings is 5. The molecule has 1 radical (unpaired) electrons. The van der Waals surface area contributed by atoms with Gasteiger partial charge >= 0.3 is 0 Å². The van der Waals surface area contributed by atoms with Gasteiger partial charge in [-0.1, -0.05) is 109 Å². The van der Waals surface area contributed by atoms with Crippen LogP contribution in [-0.4, -0.2) is 12.5 Å². The summed E-state index contributed by atoms with van der Waals surface area (Å²) in [5.41, 5.74) is 16.0. The van der Waals surface area contributed by atoms with Crippen molar-refractivity contribution in [2.45, 2.75) is 18.4 Å². The van der Waals surface area contributed by atoms with E-state index in [1.165, 1.54) is 0 Å². The van der Waals surface area contributed by atoms with E-state index >= 15 is 0 Å². The molecule has 0 aliphatic carbocycles. The average Bonchev–Trinajstić information content (AvgIpc) is 3.02. The summed E-state index contributed by atoms with van der Waals surface area (Å²) in [4.78, 5) is 13.2. The van der Waals surface area contributed by atoms with E-state index in [9.17, 15) is 4.79 Å². The van der Waals surface area contributed by atoms with Crippen molar-refractivity contribution in [3.8, 4) is 17.2 Å². The van der Waals surface area contributed by atoms with Gasteiger partial charge in [-0.3, -0.25) is 4.79 Å². The number of rotatable bonds is 9. The van der Waals surface area contributed by atoms with E-state index in [1.807, 2.05) is 103 Å². The zero-order valence-corrected chi connectivity index (χ0v) is 22.1. The van der Waals surface area contributed by atoms with Crippen molar-refractivity contribution >= 4 is 5.91 Å². The maximum atomic E-state index is 13.2. The van der Waals surface area contributed by atoms with Gasteiger partial charge in [0, 0.05) is 18.0 Å². The second-order valence-electron chi connectivity index (χ2n) is 9.86. The molecule has 1 atom stereocenters. The monoisotopic (exact) mass is 520 g/mol. The SMILES string of the molecule is N#Cc1cccc(CC([NH])c2ccc(-c3cccc(C(=O)NCC(c4ccccc4)c4ccccc4)c3)cc2)c1. The van der Waals surface area contributed by atoms with Crippen LogP contribution >= 0.6 is 0 Å². The molecule has 0 spiro atoms. The Balaban J connectivity index is 1.27. The third-order valence-electron chi connectivity index (χ3n) is 7.14. The van der Waals surface area contributed by atoms with Gasteiger partial charge in [0.1, 0.15) is 0 Å². The third kappa shape index (κ3) is 6.53. The Morgan fingerprint density at radius 3 is 2.00 bits per heavy atom. The fraction of sp³-hybridized carbons (Fsp3) is 0.111. The summed E-state index contributed by atoms with van der Waals surface area (Å²) in [5.74, 6) is -0.0524. The van der Waals surface area contributed by atoms with E-state index in [0.29, 0.717) is 24.1 Å². The van der Waals surface area contributed by atoms with Crippen LogP contribution in [0.2, 0.25) is 0 Å².